The molecule has 0 heterocycles. The van der Waals surface area contributed by atoms with E-state index in [1.54, 1.807) is 36.4 Å². The van der Waals surface area contributed by atoms with Crippen molar-refractivity contribution in [1.82, 2.24) is 16.1 Å². The molecule has 9 nitrogen and oxygen atoms in total. The van der Waals surface area contributed by atoms with Gasteiger partial charge in [0.1, 0.15) is 6.04 Å². The Bertz CT molecular complexity index is 1270. The fraction of sp³-hybridized carbons (Fsp3) is 0.179. The minimum atomic E-state index is -1.04. The minimum absolute atomic E-state index is 0.0590. The maximum absolute atomic E-state index is 12.3. The summed E-state index contributed by atoms with van der Waals surface area (Å²) in [5.41, 5.74) is 10.5. The number of amides is 3. The molecular weight excluding hydrogens is 470 g/mol. The number of rotatable bonds is 9. The fourth-order valence-corrected chi connectivity index (χ4v) is 3.35. The summed E-state index contributed by atoms with van der Waals surface area (Å²) in [4.78, 5) is 36.0. The van der Waals surface area contributed by atoms with E-state index in [-0.39, 0.29) is 25.0 Å². The van der Waals surface area contributed by atoms with Gasteiger partial charge in [0.15, 0.2) is 0 Å². The summed E-state index contributed by atoms with van der Waals surface area (Å²) in [5, 5.41) is 17.2. The zero-order chi connectivity index (χ0) is 26.6. The Morgan fingerprint density at radius 2 is 1.49 bits per heavy atom. The zero-order valence-electron chi connectivity index (χ0n) is 20.3. The topological polar surface area (TPSA) is 146 Å². The van der Waals surface area contributed by atoms with Crippen molar-refractivity contribution in [2.45, 2.75) is 19.0 Å². The number of hydrogen-bond donors (Lipinski definition) is 6. The lowest BCUT2D eigenvalue weighted by Crippen LogP contribution is -2.50. The van der Waals surface area contributed by atoms with Gasteiger partial charge in [0, 0.05) is 35.0 Å². The van der Waals surface area contributed by atoms with Crippen LogP contribution in [0.4, 0.5) is 5.69 Å². The second-order valence-corrected chi connectivity index (χ2v) is 8.20. The van der Waals surface area contributed by atoms with Crippen LogP contribution in [0.5, 0.6) is 0 Å². The van der Waals surface area contributed by atoms with Crippen molar-refractivity contribution < 1.29 is 19.6 Å². The van der Waals surface area contributed by atoms with Crippen molar-refractivity contribution in [1.29, 1.82) is 0 Å². The molecule has 3 rings (SSSR count). The van der Waals surface area contributed by atoms with Gasteiger partial charge in [0.2, 0.25) is 5.91 Å². The van der Waals surface area contributed by atoms with Crippen LogP contribution < -0.4 is 27.2 Å². The van der Waals surface area contributed by atoms with E-state index in [1.807, 2.05) is 49.4 Å². The van der Waals surface area contributed by atoms with Crippen molar-refractivity contribution in [3.05, 3.63) is 101 Å². The highest BCUT2D eigenvalue weighted by atomic mass is 16.5. The first-order valence-electron chi connectivity index (χ1n) is 11.6. The summed E-state index contributed by atoms with van der Waals surface area (Å²) >= 11 is 0. The van der Waals surface area contributed by atoms with E-state index < -0.39 is 17.9 Å². The zero-order valence-corrected chi connectivity index (χ0v) is 20.3. The molecule has 0 aliphatic heterocycles. The van der Waals surface area contributed by atoms with Crippen LogP contribution >= 0.6 is 0 Å². The predicted octanol–water partition coefficient (Wildman–Crippen LogP) is 1.94. The standard InChI is InChI=1S/C28H29N5O4/c1-19(22-5-3-2-4-6-22)30-18-26(34)31-24-15-11-21(12-16-24)8-7-20-9-13-23(14-10-20)27(35)32-25(17-29)28(36)33-37/h2-6,9-16,19,25,30,37H,17-18,29H2,1H3,(H,31,34)(H,32,35)(H,33,36)/t19-,25+/m1/s1. The Hall–Kier alpha value is -4.49. The third-order valence-electron chi connectivity index (χ3n) is 5.50. The molecule has 3 aromatic carbocycles. The molecular formula is C28H29N5O4. The lowest BCUT2D eigenvalue weighted by atomic mass is 10.1. The van der Waals surface area contributed by atoms with Crippen LogP contribution in [-0.4, -0.2) is 42.1 Å². The molecule has 2 atom stereocenters. The van der Waals surface area contributed by atoms with Crippen LogP contribution in [0.1, 0.15) is 40.0 Å². The molecule has 9 heteroatoms. The highest BCUT2D eigenvalue weighted by Crippen LogP contribution is 2.12. The first kappa shape index (κ1) is 27.1. The van der Waals surface area contributed by atoms with Crippen LogP contribution in [0.2, 0.25) is 0 Å². The number of carbonyl (C=O) groups excluding carboxylic acids is 3. The van der Waals surface area contributed by atoms with Gasteiger partial charge >= 0.3 is 0 Å². The number of nitrogens with one attached hydrogen (secondary N) is 4. The molecule has 0 saturated carbocycles. The van der Waals surface area contributed by atoms with Crippen LogP contribution in [0.3, 0.4) is 0 Å². The van der Waals surface area contributed by atoms with Crippen LogP contribution in [0.15, 0.2) is 78.9 Å². The van der Waals surface area contributed by atoms with E-state index in [9.17, 15) is 14.4 Å². The first-order valence-corrected chi connectivity index (χ1v) is 11.6. The Kier molecular flexibility index (Phi) is 9.93. The molecule has 0 aromatic heterocycles. The quantitative estimate of drug-likeness (QED) is 0.151. The highest BCUT2D eigenvalue weighted by Gasteiger charge is 2.19. The molecule has 37 heavy (non-hydrogen) atoms. The van der Waals surface area contributed by atoms with Crippen LogP contribution in [0, 0.1) is 11.8 Å². The molecule has 0 radical (unpaired) electrons. The number of anilines is 1. The molecule has 0 spiro atoms. The summed E-state index contributed by atoms with van der Waals surface area (Å²) in [6, 6.07) is 22.6. The van der Waals surface area contributed by atoms with Crippen LogP contribution in [0.25, 0.3) is 0 Å². The maximum Gasteiger partial charge on any atom is 0.267 e. The Morgan fingerprint density at radius 3 is 2.05 bits per heavy atom. The van der Waals surface area contributed by atoms with Crippen molar-refractivity contribution in [3.8, 4) is 11.8 Å². The lowest BCUT2D eigenvalue weighted by Gasteiger charge is -2.14. The molecule has 0 aliphatic carbocycles. The van der Waals surface area contributed by atoms with Gasteiger partial charge < -0.3 is 21.7 Å². The lowest BCUT2D eigenvalue weighted by molar-refractivity contribution is -0.130. The Morgan fingerprint density at radius 1 is 0.892 bits per heavy atom. The smallest absolute Gasteiger partial charge is 0.267 e. The third-order valence-corrected chi connectivity index (χ3v) is 5.50. The van der Waals surface area contributed by atoms with Crippen molar-refractivity contribution in [2.75, 3.05) is 18.4 Å². The molecule has 0 saturated heterocycles. The maximum atomic E-state index is 12.3. The fourth-order valence-electron chi connectivity index (χ4n) is 3.35. The van der Waals surface area contributed by atoms with Crippen molar-refractivity contribution in [2.24, 2.45) is 5.73 Å². The van der Waals surface area contributed by atoms with Gasteiger partial charge in [-0.2, -0.15) is 0 Å². The number of hydroxylamine groups is 1. The summed E-state index contributed by atoms with van der Waals surface area (Å²) in [5.74, 6) is 4.63. The van der Waals surface area contributed by atoms with Crippen molar-refractivity contribution >= 4 is 23.4 Å². The molecule has 190 valence electrons. The van der Waals surface area contributed by atoms with Crippen molar-refractivity contribution in [3.63, 3.8) is 0 Å². The molecule has 7 N–H and O–H groups in total. The van der Waals surface area contributed by atoms with Gasteiger partial charge in [-0.1, -0.05) is 42.2 Å². The molecule has 3 amide bonds. The van der Waals surface area contributed by atoms with Crippen LogP contribution in [-0.2, 0) is 9.59 Å². The molecule has 0 unspecified atom stereocenters. The van der Waals surface area contributed by atoms with E-state index in [1.165, 1.54) is 5.48 Å². The molecule has 0 fully saturated rings. The van der Waals surface area contributed by atoms with Gasteiger partial charge in [-0.05, 0) is 61.0 Å². The number of carbonyl (C=O) groups is 3. The Labute approximate surface area is 215 Å². The monoisotopic (exact) mass is 499 g/mol. The normalized spacial score (nSPS) is 11.9. The summed E-state index contributed by atoms with van der Waals surface area (Å²) in [7, 11) is 0. The highest BCUT2D eigenvalue weighted by molar-refractivity contribution is 5.97. The first-order chi connectivity index (χ1) is 17.9. The van der Waals surface area contributed by atoms with Gasteiger partial charge in [-0.25, -0.2) is 5.48 Å². The van der Waals surface area contributed by atoms with E-state index in [0.717, 1.165) is 11.1 Å². The summed E-state index contributed by atoms with van der Waals surface area (Å²) in [6.07, 6.45) is 0. The van der Waals surface area contributed by atoms with E-state index in [4.69, 9.17) is 10.9 Å². The largest absolute Gasteiger partial charge is 0.339 e. The summed E-state index contributed by atoms with van der Waals surface area (Å²) < 4.78 is 0. The summed E-state index contributed by atoms with van der Waals surface area (Å²) in [6.45, 7) is 2.04. The second kappa shape index (κ2) is 13.6. The van der Waals surface area contributed by atoms with Gasteiger partial charge in [-0.3, -0.25) is 19.6 Å². The average Bonchev–Trinajstić information content (AvgIpc) is 2.94. The second-order valence-electron chi connectivity index (χ2n) is 8.20. The number of nitrogens with two attached hydrogens (primary N) is 1. The predicted molar refractivity (Wildman–Crippen MR) is 141 cm³/mol. The van der Waals surface area contributed by atoms with E-state index in [2.05, 4.69) is 27.8 Å². The average molecular weight is 500 g/mol. The van der Waals surface area contributed by atoms with Gasteiger partial charge in [0.05, 0.1) is 6.54 Å². The SMILES string of the molecule is C[C@@H](NCC(=O)Nc1ccc(C#Cc2ccc(C(=O)N[C@@H](CN)C(=O)NO)cc2)cc1)c1ccccc1. The van der Waals surface area contributed by atoms with E-state index >= 15 is 0 Å². The van der Waals surface area contributed by atoms with E-state index in [0.29, 0.717) is 16.8 Å². The minimum Gasteiger partial charge on any atom is -0.339 e. The molecule has 0 aliphatic rings. The molecule has 0 bridgehead atoms. The number of hydrogen-bond acceptors (Lipinski definition) is 6. The number of benzene rings is 3. The van der Waals surface area contributed by atoms with Gasteiger partial charge in [0.25, 0.3) is 11.8 Å². The molecule has 3 aromatic rings. The Balaban J connectivity index is 1.51. The third kappa shape index (κ3) is 8.30. The van der Waals surface area contributed by atoms with Gasteiger partial charge in [-0.15, -0.1) is 0 Å².